The molecule has 0 bridgehead atoms. The van der Waals surface area contributed by atoms with Gasteiger partial charge in [0.1, 0.15) is 28.3 Å². The quantitative estimate of drug-likeness (QED) is 0.116. The summed E-state index contributed by atoms with van der Waals surface area (Å²) in [5.74, 6) is -2.50. The van der Waals surface area contributed by atoms with Crippen LogP contribution in [0, 0.1) is 22.7 Å². The van der Waals surface area contributed by atoms with E-state index in [9.17, 15) is 30.3 Å². The Hall–Kier alpha value is -6.63. The molecule has 1 aliphatic heterocycles. The molecule has 4 aromatic carbocycles. The van der Waals surface area contributed by atoms with Gasteiger partial charge in [0.25, 0.3) is 0 Å². The van der Waals surface area contributed by atoms with E-state index in [1.165, 1.54) is 26.8 Å². The first-order chi connectivity index (χ1) is 26.8. The Kier molecular flexibility index (Phi) is 8.48. The van der Waals surface area contributed by atoms with Crippen LogP contribution in [0.3, 0.4) is 0 Å². The summed E-state index contributed by atoms with van der Waals surface area (Å²) < 4.78 is 4.52. The lowest BCUT2D eigenvalue weighted by Crippen LogP contribution is -1.97. The summed E-state index contributed by atoms with van der Waals surface area (Å²) in [6.07, 6.45) is 5.99. The molecule has 0 saturated heterocycles. The van der Waals surface area contributed by atoms with E-state index in [0.29, 0.717) is 11.1 Å². The Morgan fingerprint density at radius 1 is 0.636 bits per heavy atom. The van der Waals surface area contributed by atoms with Crippen molar-refractivity contribution in [2.45, 2.75) is 11.7 Å². The highest BCUT2D eigenvalue weighted by atomic mass is 32.2. The number of benzene rings is 4. The summed E-state index contributed by atoms with van der Waals surface area (Å²) in [5, 5.41) is 43.9. The zero-order valence-corrected chi connectivity index (χ0v) is 31.1. The SMILES string of the molecule is N#C/C(=C\c1ccc2c(c1)c1ccccc1n2C1=CCC(c2ccc(-c3ccc(-n4c5ccccc5c5cc(/C=C(\C#N)C(=O)O)ccc54)s3)s2)S1)C(=O)O. The zero-order chi connectivity index (χ0) is 37.8. The standard InChI is InChI=1S/C44H26N4O4S3/c45-23-27(43(49)50)19-25-9-11-35-31(21-25)29-5-1-3-7-33(29)47(35)41-17-15-39(54-41)37-13-14-38(53-37)40-16-18-42(55-40)48-34-8-4-2-6-30(34)32-22-26(10-12-36(32)48)20-28(24-46)44(51)52/h1-15,17-22,40H,16H2,(H,49,50)(H,51,52)/b27-19+,28-20+. The van der Waals surface area contributed by atoms with E-state index >= 15 is 0 Å². The van der Waals surface area contributed by atoms with Crippen molar-refractivity contribution in [1.82, 2.24) is 9.13 Å². The van der Waals surface area contributed by atoms with Gasteiger partial charge in [0.15, 0.2) is 0 Å². The predicted octanol–water partition coefficient (Wildman–Crippen LogP) is 11.3. The van der Waals surface area contributed by atoms with Crippen LogP contribution in [0.1, 0.15) is 27.7 Å². The molecule has 8 aromatic rings. The number of aliphatic carboxylic acids is 2. The Bertz CT molecular complexity index is 3100. The van der Waals surface area contributed by atoms with Gasteiger partial charge in [0.2, 0.25) is 0 Å². The van der Waals surface area contributed by atoms with Crippen molar-refractivity contribution in [1.29, 1.82) is 10.5 Å². The van der Waals surface area contributed by atoms with Gasteiger partial charge in [-0.05, 0) is 90.4 Å². The van der Waals surface area contributed by atoms with Crippen molar-refractivity contribution in [2.75, 3.05) is 0 Å². The molecule has 1 aliphatic rings. The number of hydrogen-bond acceptors (Lipinski definition) is 7. The van der Waals surface area contributed by atoms with Crippen molar-refractivity contribution in [3.8, 4) is 26.9 Å². The fraction of sp³-hybridized carbons (Fsp3) is 0.0455. The number of allylic oxidation sites excluding steroid dienone is 1. The molecular formula is C44H26N4O4S3. The van der Waals surface area contributed by atoms with Crippen molar-refractivity contribution in [3.63, 3.8) is 0 Å². The van der Waals surface area contributed by atoms with E-state index in [4.69, 9.17) is 0 Å². The lowest BCUT2D eigenvalue weighted by molar-refractivity contribution is -0.133. The molecule has 0 amide bonds. The van der Waals surface area contributed by atoms with Gasteiger partial charge in [-0.25, -0.2) is 9.59 Å². The molecule has 1 atom stereocenters. The predicted molar refractivity (Wildman–Crippen MR) is 223 cm³/mol. The number of carboxylic acid groups (broad SMARTS) is 2. The Morgan fingerprint density at radius 3 is 1.76 bits per heavy atom. The number of hydrogen-bond donors (Lipinski definition) is 2. The van der Waals surface area contributed by atoms with Gasteiger partial charge in [0.05, 0.1) is 27.1 Å². The first-order valence-corrected chi connectivity index (χ1v) is 19.7. The summed E-state index contributed by atoms with van der Waals surface area (Å²) >= 11 is 5.37. The van der Waals surface area contributed by atoms with E-state index in [2.05, 4.69) is 63.7 Å². The highest BCUT2D eigenvalue weighted by molar-refractivity contribution is 8.08. The maximum Gasteiger partial charge on any atom is 0.346 e. The van der Waals surface area contributed by atoms with E-state index in [1.54, 1.807) is 23.5 Å². The Morgan fingerprint density at radius 2 is 1.16 bits per heavy atom. The van der Waals surface area contributed by atoms with E-state index in [0.717, 1.165) is 60.1 Å². The third-order valence-electron chi connectivity index (χ3n) is 9.71. The van der Waals surface area contributed by atoms with Crippen molar-refractivity contribution in [3.05, 3.63) is 142 Å². The van der Waals surface area contributed by atoms with E-state index < -0.39 is 11.9 Å². The number of rotatable bonds is 8. The molecule has 264 valence electrons. The maximum atomic E-state index is 11.5. The third kappa shape index (κ3) is 5.92. The van der Waals surface area contributed by atoms with Crippen LogP contribution in [0.4, 0.5) is 0 Å². The van der Waals surface area contributed by atoms with Crippen LogP contribution >= 0.6 is 34.4 Å². The molecule has 55 heavy (non-hydrogen) atoms. The second-order valence-electron chi connectivity index (χ2n) is 12.9. The van der Waals surface area contributed by atoms with Gasteiger partial charge < -0.3 is 19.3 Å². The fourth-order valence-electron chi connectivity index (χ4n) is 7.26. The average molecular weight is 771 g/mol. The summed E-state index contributed by atoms with van der Waals surface area (Å²) in [6, 6.07) is 40.2. The van der Waals surface area contributed by atoms with Gasteiger partial charge in [-0.2, -0.15) is 10.5 Å². The van der Waals surface area contributed by atoms with E-state index in [1.807, 2.05) is 83.8 Å². The topological polar surface area (TPSA) is 132 Å². The molecule has 2 N–H and O–H groups in total. The number of thiophene rings is 2. The second-order valence-corrected chi connectivity index (χ2v) is 16.3. The first-order valence-electron chi connectivity index (χ1n) is 17.2. The largest absolute Gasteiger partial charge is 0.477 e. The number of carboxylic acids is 2. The van der Waals surface area contributed by atoms with Gasteiger partial charge >= 0.3 is 11.9 Å². The molecule has 0 saturated carbocycles. The highest BCUT2D eigenvalue weighted by Gasteiger charge is 2.26. The lowest BCUT2D eigenvalue weighted by atomic mass is 10.1. The summed E-state index contributed by atoms with van der Waals surface area (Å²) in [7, 11) is 0. The molecule has 4 aromatic heterocycles. The summed E-state index contributed by atoms with van der Waals surface area (Å²) in [6.45, 7) is 0. The van der Waals surface area contributed by atoms with Crippen LogP contribution in [0.5, 0.6) is 0 Å². The van der Waals surface area contributed by atoms with E-state index in [-0.39, 0.29) is 16.4 Å². The smallest absolute Gasteiger partial charge is 0.346 e. The fourth-order valence-corrected chi connectivity index (χ4v) is 10.8. The number of aromatic nitrogens is 2. The molecule has 0 fully saturated rings. The molecule has 5 heterocycles. The minimum atomic E-state index is -1.25. The molecule has 8 nitrogen and oxygen atoms in total. The molecule has 9 rings (SSSR count). The minimum absolute atomic E-state index is 0.253. The van der Waals surface area contributed by atoms with Gasteiger partial charge in [-0.3, -0.25) is 0 Å². The molecular weight excluding hydrogens is 745 g/mol. The van der Waals surface area contributed by atoms with Crippen LogP contribution in [0.25, 0.3) is 75.5 Å². The van der Waals surface area contributed by atoms with Crippen LogP contribution in [-0.2, 0) is 9.59 Å². The monoisotopic (exact) mass is 770 g/mol. The van der Waals surface area contributed by atoms with Gasteiger partial charge in [0, 0.05) is 41.4 Å². The highest BCUT2D eigenvalue weighted by Crippen LogP contribution is 2.51. The number of para-hydroxylation sites is 2. The minimum Gasteiger partial charge on any atom is -0.477 e. The Labute approximate surface area is 326 Å². The summed E-state index contributed by atoms with van der Waals surface area (Å²) in [5.41, 5.74) is 4.84. The molecule has 1 unspecified atom stereocenters. The normalized spacial score (nSPS) is 14.8. The van der Waals surface area contributed by atoms with Crippen LogP contribution in [-0.4, -0.2) is 31.3 Å². The molecule has 11 heteroatoms. The number of thioether (sulfide) groups is 1. The first kappa shape index (κ1) is 34.2. The molecule has 0 radical (unpaired) electrons. The number of carbonyl (C=O) groups is 2. The van der Waals surface area contributed by atoms with Crippen LogP contribution < -0.4 is 0 Å². The van der Waals surface area contributed by atoms with Crippen molar-refractivity contribution in [2.24, 2.45) is 0 Å². The number of nitrogens with zero attached hydrogens (tertiary/aromatic N) is 4. The van der Waals surface area contributed by atoms with Crippen LogP contribution in [0.15, 0.2) is 126 Å². The van der Waals surface area contributed by atoms with Gasteiger partial charge in [-0.15, -0.1) is 22.7 Å². The second kappa shape index (κ2) is 13.7. The van der Waals surface area contributed by atoms with Crippen molar-refractivity contribution < 1.29 is 19.8 Å². The average Bonchev–Trinajstić information content (AvgIpc) is 4.04. The lowest BCUT2D eigenvalue weighted by Gasteiger charge is -2.11. The number of nitriles is 2. The molecule has 0 aliphatic carbocycles. The maximum absolute atomic E-state index is 11.5. The van der Waals surface area contributed by atoms with Gasteiger partial charge in [-0.1, -0.05) is 66.4 Å². The zero-order valence-electron chi connectivity index (χ0n) is 28.6. The Balaban J connectivity index is 1.01. The number of fused-ring (bicyclic) bond motifs is 6. The van der Waals surface area contributed by atoms with Crippen molar-refractivity contribution >= 4 is 107 Å². The van der Waals surface area contributed by atoms with Crippen LogP contribution in [0.2, 0.25) is 0 Å². The molecule has 0 spiro atoms. The third-order valence-corrected chi connectivity index (χ3v) is 13.6. The summed E-state index contributed by atoms with van der Waals surface area (Å²) in [4.78, 5) is 26.6.